The summed E-state index contributed by atoms with van der Waals surface area (Å²) in [4.78, 5) is 15.9. The SMILES string of the molecule is Cc1ccc(NC(=O)Cn2nnc(-c3ccc(N4CCOCC4)cc3)n2)c(C)c1. The number of hydrogen-bond donors (Lipinski definition) is 1. The van der Waals surface area contributed by atoms with E-state index in [0.717, 1.165) is 54.4 Å². The van der Waals surface area contributed by atoms with Crippen molar-refractivity contribution in [3.8, 4) is 11.4 Å². The Balaban J connectivity index is 1.39. The van der Waals surface area contributed by atoms with Crippen LogP contribution in [0.15, 0.2) is 42.5 Å². The monoisotopic (exact) mass is 392 g/mol. The largest absolute Gasteiger partial charge is 0.378 e. The first-order valence-corrected chi connectivity index (χ1v) is 9.66. The standard InChI is InChI=1S/C21H24N6O2/c1-15-3-8-19(16(2)13-15)22-20(28)14-27-24-21(23-25-27)17-4-6-18(7-5-17)26-9-11-29-12-10-26/h3-8,13H,9-12,14H2,1-2H3,(H,22,28). The first kappa shape index (κ1) is 19.1. The van der Waals surface area contributed by atoms with Crippen LogP contribution in [0.3, 0.4) is 0 Å². The molecule has 4 rings (SSSR count). The van der Waals surface area contributed by atoms with Crippen LogP contribution in [0, 0.1) is 13.8 Å². The van der Waals surface area contributed by atoms with E-state index in [-0.39, 0.29) is 12.5 Å². The third kappa shape index (κ3) is 4.60. The van der Waals surface area contributed by atoms with E-state index < -0.39 is 0 Å². The van der Waals surface area contributed by atoms with Gasteiger partial charge in [-0.1, -0.05) is 17.7 Å². The Morgan fingerprint density at radius 3 is 2.59 bits per heavy atom. The zero-order valence-corrected chi connectivity index (χ0v) is 16.6. The molecule has 3 aromatic rings. The smallest absolute Gasteiger partial charge is 0.248 e. The molecule has 0 spiro atoms. The normalized spacial score (nSPS) is 14.1. The number of nitrogens with zero attached hydrogens (tertiary/aromatic N) is 5. The van der Waals surface area contributed by atoms with E-state index in [0.29, 0.717) is 5.82 Å². The van der Waals surface area contributed by atoms with Crippen LogP contribution in [0.5, 0.6) is 0 Å². The van der Waals surface area contributed by atoms with Crippen LogP contribution in [-0.2, 0) is 16.1 Å². The molecular weight excluding hydrogens is 368 g/mol. The summed E-state index contributed by atoms with van der Waals surface area (Å²) in [6, 6.07) is 13.9. The number of aryl methyl sites for hydroxylation is 2. The molecule has 1 N–H and O–H groups in total. The molecule has 0 unspecified atom stereocenters. The summed E-state index contributed by atoms with van der Waals surface area (Å²) in [6.07, 6.45) is 0. The summed E-state index contributed by atoms with van der Waals surface area (Å²) in [5.41, 5.74) is 4.98. The third-order valence-corrected chi connectivity index (χ3v) is 4.90. The van der Waals surface area contributed by atoms with Crippen molar-refractivity contribution in [2.24, 2.45) is 0 Å². The van der Waals surface area contributed by atoms with E-state index in [1.165, 1.54) is 4.80 Å². The molecular formula is C21H24N6O2. The molecule has 29 heavy (non-hydrogen) atoms. The van der Waals surface area contributed by atoms with Crippen molar-refractivity contribution in [2.75, 3.05) is 36.5 Å². The minimum atomic E-state index is -0.191. The molecule has 1 aromatic heterocycles. The van der Waals surface area contributed by atoms with Gasteiger partial charge in [0, 0.05) is 30.0 Å². The molecule has 0 radical (unpaired) electrons. The highest BCUT2D eigenvalue weighted by molar-refractivity contribution is 5.91. The van der Waals surface area contributed by atoms with Gasteiger partial charge in [0.1, 0.15) is 6.54 Å². The van der Waals surface area contributed by atoms with Gasteiger partial charge in [-0.15, -0.1) is 10.2 Å². The molecule has 1 fully saturated rings. The molecule has 8 heteroatoms. The first-order chi connectivity index (χ1) is 14.1. The van der Waals surface area contributed by atoms with Crippen LogP contribution in [0.2, 0.25) is 0 Å². The van der Waals surface area contributed by atoms with Gasteiger partial charge in [0.05, 0.1) is 13.2 Å². The molecule has 0 bridgehead atoms. The maximum absolute atomic E-state index is 12.3. The Bertz CT molecular complexity index is 993. The summed E-state index contributed by atoms with van der Waals surface area (Å²) in [5.74, 6) is 0.307. The summed E-state index contributed by atoms with van der Waals surface area (Å²) < 4.78 is 5.39. The molecule has 1 aliphatic rings. The van der Waals surface area contributed by atoms with E-state index in [1.54, 1.807) is 0 Å². The van der Waals surface area contributed by atoms with E-state index in [1.807, 2.05) is 56.3 Å². The van der Waals surface area contributed by atoms with Crippen molar-refractivity contribution < 1.29 is 9.53 Å². The van der Waals surface area contributed by atoms with Crippen LogP contribution in [0.25, 0.3) is 11.4 Å². The van der Waals surface area contributed by atoms with E-state index in [2.05, 4.69) is 25.6 Å². The Kier molecular flexibility index (Phi) is 5.53. The van der Waals surface area contributed by atoms with Gasteiger partial charge in [0.15, 0.2) is 0 Å². The quantitative estimate of drug-likeness (QED) is 0.718. The number of aromatic nitrogens is 4. The lowest BCUT2D eigenvalue weighted by Gasteiger charge is -2.28. The molecule has 150 valence electrons. The Morgan fingerprint density at radius 1 is 1.10 bits per heavy atom. The number of amides is 1. The highest BCUT2D eigenvalue weighted by atomic mass is 16.5. The number of hydrogen-bond acceptors (Lipinski definition) is 6. The first-order valence-electron chi connectivity index (χ1n) is 9.66. The second-order valence-electron chi connectivity index (χ2n) is 7.16. The van der Waals surface area contributed by atoms with Crippen molar-refractivity contribution in [1.29, 1.82) is 0 Å². The zero-order valence-electron chi connectivity index (χ0n) is 16.6. The lowest BCUT2D eigenvalue weighted by molar-refractivity contribution is -0.117. The van der Waals surface area contributed by atoms with Crippen molar-refractivity contribution in [3.05, 3.63) is 53.6 Å². The highest BCUT2D eigenvalue weighted by Crippen LogP contribution is 2.21. The molecule has 0 atom stereocenters. The van der Waals surface area contributed by atoms with Gasteiger partial charge in [-0.3, -0.25) is 4.79 Å². The second-order valence-corrected chi connectivity index (χ2v) is 7.16. The van der Waals surface area contributed by atoms with Gasteiger partial charge >= 0.3 is 0 Å². The highest BCUT2D eigenvalue weighted by Gasteiger charge is 2.13. The number of carbonyl (C=O) groups excluding carboxylic acids is 1. The van der Waals surface area contributed by atoms with Gasteiger partial charge < -0.3 is 15.0 Å². The summed E-state index contributed by atoms with van der Waals surface area (Å²) >= 11 is 0. The average molecular weight is 392 g/mol. The fourth-order valence-electron chi connectivity index (χ4n) is 3.34. The van der Waals surface area contributed by atoms with Crippen LogP contribution in [-0.4, -0.2) is 52.4 Å². The van der Waals surface area contributed by atoms with Crippen molar-refractivity contribution in [3.63, 3.8) is 0 Å². The van der Waals surface area contributed by atoms with E-state index in [4.69, 9.17) is 4.74 Å². The van der Waals surface area contributed by atoms with Gasteiger partial charge in [0.25, 0.3) is 0 Å². The van der Waals surface area contributed by atoms with Gasteiger partial charge in [0.2, 0.25) is 11.7 Å². The van der Waals surface area contributed by atoms with Gasteiger partial charge in [-0.2, -0.15) is 4.80 Å². The zero-order chi connectivity index (χ0) is 20.2. The van der Waals surface area contributed by atoms with Crippen molar-refractivity contribution in [1.82, 2.24) is 20.2 Å². The van der Waals surface area contributed by atoms with Crippen LogP contribution >= 0.6 is 0 Å². The summed E-state index contributed by atoms with van der Waals surface area (Å²) in [5, 5.41) is 15.3. The second kappa shape index (κ2) is 8.40. The maximum atomic E-state index is 12.3. The summed E-state index contributed by atoms with van der Waals surface area (Å²) in [7, 11) is 0. The van der Waals surface area contributed by atoms with Crippen molar-refractivity contribution >= 4 is 17.3 Å². The number of nitrogens with one attached hydrogen (secondary N) is 1. The molecule has 1 saturated heterocycles. The number of ether oxygens (including phenoxy) is 1. The average Bonchev–Trinajstić information content (AvgIpc) is 3.19. The van der Waals surface area contributed by atoms with Crippen molar-refractivity contribution in [2.45, 2.75) is 20.4 Å². The number of morpholine rings is 1. The van der Waals surface area contributed by atoms with Crippen LogP contribution < -0.4 is 10.2 Å². The Hall–Kier alpha value is -3.26. The van der Waals surface area contributed by atoms with Crippen LogP contribution in [0.1, 0.15) is 11.1 Å². The molecule has 0 aliphatic carbocycles. The number of carbonyl (C=O) groups is 1. The minimum Gasteiger partial charge on any atom is -0.378 e. The number of rotatable bonds is 5. The lowest BCUT2D eigenvalue weighted by Crippen LogP contribution is -2.36. The number of anilines is 2. The number of benzene rings is 2. The van der Waals surface area contributed by atoms with E-state index in [9.17, 15) is 4.79 Å². The molecule has 0 saturated carbocycles. The van der Waals surface area contributed by atoms with Crippen LogP contribution in [0.4, 0.5) is 11.4 Å². The maximum Gasteiger partial charge on any atom is 0.248 e. The third-order valence-electron chi connectivity index (χ3n) is 4.90. The Morgan fingerprint density at radius 2 is 1.86 bits per heavy atom. The molecule has 2 aromatic carbocycles. The van der Waals surface area contributed by atoms with Gasteiger partial charge in [-0.25, -0.2) is 0 Å². The van der Waals surface area contributed by atoms with Gasteiger partial charge in [-0.05, 0) is 55.0 Å². The predicted octanol–water partition coefficient (Wildman–Crippen LogP) is 2.43. The topological polar surface area (TPSA) is 85.2 Å². The molecule has 1 aliphatic heterocycles. The molecule has 1 amide bonds. The lowest BCUT2D eigenvalue weighted by atomic mass is 10.1. The van der Waals surface area contributed by atoms with E-state index >= 15 is 0 Å². The molecule has 8 nitrogen and oxygen atoms in total. The fourth-order valence-corrected chi connectivity index (χ4v) is 3.34. The minimum absolute atomic E-state index is 0.00613. The predicted molar refractivity (Wildman–Crippen MR) is 111 cm³/mol. The Labute approximate surface area is 169 Å². The fraction of sp³-hybridized carbons (Fsp3) is 0.333. The summed E-state index contributed by atoms with van der Waals surface area (Å²) in [6.45, 7) is 7.28. The number of tetrazole rings is 1. The molecule has 2 heterocycles.